The molecule has 2 heteroatoms. The van der Waals surface area contributed by atoms with Gasteiger partial charge in [-0.25, -0.2) is 0 Å². The Hall–Kier alpha value is -2.79. The van der Waals surface area contributed by atoms with Gasteiger partial charge in [0.15, 0.2) is 0 Å². The first-order valence-electron chi connectivity index (χ1n) is 18.0. The average Bonchev–Trinajstić information content (AvgIpc) is 3.00. The van der Waals surface area contributed by atoms with Crippen LogP contribution in [-0.2, 0) is 21.4 Å². The molecular formula is C42H60O2. The number of ether oxygens (including phenoxy) is 1. The summed E-state index contributed by atoms with van der Waals surface area (Å²) in [6.07, 6.45) is 22.8. The molecule has 2 aromatic rings. The number of allylic oxidation sites excluding steroid dienone is 1. The van der Waals surface area contributed by atoms with Crippen LogP contribution in [0.25, 0.3) is 5.57 Å². The quantitative estimate of drug-likeness (QED) is 0.0916. The normalized spacial score (nSPS) is 15.2. The van der Waals surface area contributed by atoms with E-state index < -0.39 is 0 Å². The van der Waals surface area contributed by atoms with Crippen LogP contribution in [0, 0.1) is 11.8 Å². The first-order chi connectivity index (χ1) is 21.3. The van der Waals surface area contributed by atoms with Gasteiger partial charge in [0.1, 0.15) is 6.10 Å². The van der Waals surface area contributed by atoms with Crippen molar-refractivity contribution in [2.75, 3.05) is 0 Å². The maximum atomic E-state index is 12.7. The highest BCUT2D eigenvalue weighted by Crippen LogP contribution is 2.38. The Labute approximate surface area is 270 Å². The van der Waals surface area contributed by atoms with Gasteiger partial charge in [-0.15, -0.1) is 0 Å². The van der Waals surface area contributed by atoms with Gasteiger partial charge in [-0.1, -0.05) is 154 Å². The fourth-order valence-electron chi connectivity index (χ4n) is 6.63. The minimum Gasteiger partial charge on any atom is -0.462 e. The highest BCUT2D eigenvalue weighted by atomic mass is 16.5. The smallest absolute Gasteiger partial charge is 0.306 e. The molecule has 0 amide bonds. The lowest BCUT2D eigenvalue weighted by Crippen LogP contribution is -2.35. The number of hydrogen-bond donors (Lipinski definition) is 0. The van der Waals surface area contributed by atoms with Gasteiger partial charge in [-0.05, 0) is 71.2 Å². The SMILES string of the molecule is C=C(CCC)c1ccc(C#Cc2ccc3c(c2)C(C)(C)CC(OC(=O)CCCCCCCCCCCCCCCC)C3)cc1. The van der Waals surface area contributed by atoms with Crippen molar-refractivity contribution < 1.29 is 9.53 Å². The van der Waals surface area contributed by atoms with Crippen LogP contribution < -0.4 is 0 Å². The van der Waals surface area contributed by atoms with Crippen molar-refractivity contribution in [2.45, 2.75) is 161 Å². The summed E-state index contributed by atoms with van der Waals surface area (Å²) in [7, 11) is 0. The molecule has 240 valence electrons. The fourth-order valence-corrected chi connectivity index (χ4v) is 6.63. The maximum Gasteiger partial charge on any atom is 0.306 e. The predicted octanol–water partition coefficient (Wildman–Crippen LogP) is 11.9. The van der Waals surface area contributed by atoms with Gasteiger partial charge >= 0.3 is 5.97 Å². The highest BCUT2D eigenvalue weighted by Gasteiger charge is 2.34. The average molecular weight is 597 g/mol. The second-order valence-electron chi connectivity index (χ2n) is 13.8. The molecule has 0 heterocycles. The van der Waals surface area contributed by atoms with Crippen LogP contribution >= 0.6 is 0 Å². The molecule has 0 spiro atoms. The molecule has 3 rings (SSSR count). The molecule has 2 nitrogen and oxygen atoms in total. The Balaban J connectivity index is 1.35. The molecule has 1 aliphatic carbocycles. The van der Waals surface area contributed by atoms with Crippen molar-refractivity contribution in [1.82, 2.24) is 0 Å². The lowest BCUT2D eigenvalue weighted by atomic mass is 9.71. The molecule has 1 atom stereocenters. The largest absolute Gasteiger partial charge is 0.462 e. The number of hydrogen-bond acceptors (Lipinski definition) is 2. The van der Waals surface area contributed by atoms with Crippen LogP contribution in [0.3, 0.4) is 0 Å². The van der Waals surface area contributed by atoms with Crippen molar-refractivity contribution >= 4 is 11.5 Å². The van der Waals surface area contributed by atoms with E-state index in [2.05, 4.69) is 88.6 Å². The van der Waals surface area contributed by atoms with E-state index in [1.54, 1.807) is 0 Å². The van der Waals surface area contributed by atoms with Crippen LogP contribution in [-0.4, -0.2) is 12.1 Å². The molecule has 1 aliphatic rings. The van der Waals surface area contributed by atoms with Gasteiger partial charge in [-0.3, -0.25) is 4.79 Å². The Morgan fingerprint density at radius 1 is 0.750 bits per heavy atom. The van der Waals surface area contributed by atoms with Gasteiger partial charge in [-0.2, -0.15) is 0 Å². The fraction of sp³-hybridized carbons (Fsp3) is 0.595. The molecular weight excluding hydrogens is 536 g/mol. The molecule has 1 unspecified atom stereocenters. The van der Waals surface area contributed by atoms with E-state index in [1.807, 2.05) is 0 Å². The van der Waals surface area contributed by atoms with Gasteiger partial charge in [0.2, 0.25) is 0 Å². The monoisotopic (exact) mass is 596 g/mol. The third-order valence-electron chi connectivity index (χ3n) is 9.25. The van der Waals surface area contributed by atoms with Crippen molar-refractivity contribution in [3.63, 3.8) is 0 Å². The molecule has 0 saturated heterocycles. The minimum absolute atomic E-state index is 0.0278. The lowest BCUT2D eigenvalue weighted by Gasteiger charge is -2.37. The van der Waals surface area contributed by atoms with Crippen LogP contribution in [0.2, 0.25) is 0 Å². The van der Waals surface area contributed by atoms with Gasteiger partial charge in [0.25, 0.3) is 0 Å². The first kappa shape index (κ1) is 35.7. The molecule has 0 aromatic heterocycles. The van der Waals surface area contributed by atoms with Crippen LogP contribution in [0.5, 0.6) is 0 Å². The minimum atomic E-state index is -0.0629. The summed E-state index contributed by atoms with van der Waals surface area (Å²) in [6.45, 7) is 13.2. The van der Waals surface area contributed by atoms with E-state index in [9.17, 15) is 4.79 Å². The molecule has 0 fully saturated rings. The number of benzene rings is 2. The van der Waals surface area contributed by atoms with Crippen molar-refractivity contribution in [3.8, 4) is 11.8 Å². The zero-order valence-corrected chi connectivity index (χ0v) is 28.6. The maximum absolute atomic E-state index is 12.7. The Morgan fingerprint density at radius 3 is 1.89 bits per heavy atom. The topological polar surface area (TPSA) is 26.3 Å². The standard InChI is InChI=1S/C42H60O2/c1-6-8-9-10-11-12-13-14-15-16-17-18-19-20-22-41(43)44-39-32-38-30-27-36(31-40(38)42(4,5)33-39)24-23-35-25-28-37(29-26-35)34(3)21-7-2/h25-31,39H,3,6-22,32-33H2,1-2,4-5H3. The van der Waals surface area contributed by atoms with Crippen molar-refractivity contribution in [1.29, 1.82) is 0 Å². The molecule has 2 aromatic carbocycles. The Kier molecular flexibility index (Phi) is 15.9. The van der Waals surface area contributed by atoms with Crippen LogP contribution in [0.15, 0.2) is 49.0 Å². The molecule has 0 saturated carbocycles. The summed E-state index contributed by atoms with van der Waals surface area (Å²) in [6, 6.07) is 15.0. The summed E-state index contributed by atoms with van der Waals surface area (Å²) in [4.78, 5) is 12.7. The zero-order chi connectivity index (χ0) is 31.6. The number of carbonyl (C=O) groups excluding carboxylic acids is 1. The van der Waals surface area contributed by atoms with Crippen LogP contribution in [0.1, 0.15) is 171 Å². The van der Waals surface area contributed by atoms with Gasteiger partial charge in [0.05, 0.1) is 0 Å². The Bertz CT molecular complexity index is 1210. The number of rotatable bonds is 19. The number of unbranched alkanes of at least 4 members (excludes halogenated alkanes) is 13. The summed E-state index contributed by atoms with van der Waals surface area (Å²) >= 11 is 0. The van der Waals surface area contributed by atoms with Gasteiger partial charge < -0.3 is 4.74 Å². The predicted molar refractivity (Wildman–Crippen MR) is 189 cm³/mol. The second-order valence-corrected chi connectivity index (χ2v) is 13.8. The molecule has 0 bridgehead atoms. The zero-order valence-electron chi connectivity index (χ0n) is 28.6. The Morgan fingerprint density at radius 2 is 1.30 bits per heavy atom. The van der Waals surface area contributed by atoms with E-state index in [1.165, 1.54) is 99.3 Å². The molecule has 0 radical (unpaired) electrons. The van der Waals surface area contributed by atoms with Crippen LogP contribution in [0.4, 0.5) is 0 Å². The summed E-state index contributed by atoms with van der Waals surface area (Å²) in [5.74, 6) is 6.67. The summed E-state index contributed by atoms with van der Waals surface area (Å²) in [5.41, 5.74) is 6.97. The lowest BCUT2D eigenvalue weighted by molar-refractivity contribution is -0.150. The van der Waals surface area contributed by atoms with E-state index in [4.69, 9.17) is 4.74 Å². The summed E-state index contributed by atoms with van der Waals surface area (Å²) < 4.78 is 6.00. The van der Waals surface area contributed by atoms with E-state index in [0.29, 0.717) is 6.42 Å². The number of carbonyl (C=O) groups is 1. The highest BCUT2D eigenvalue weighted by molar-refractivity contribution is 5.69. The van der Waals surface area contributed by atoms with Crippen molar-refractivity contribution in [3.05, 3.63) is 76.9 Å². The van der Waals surface area contributed by atoms with Gasteiger partial charge in [0, 0.05) is 24.0 Å². The van der Waals surface area contributed by atoms with Crippen molar-refractivity contribution in [2.24, 2.45) is 0 Å². The van der Waals surface area contributed by atoms with E-state index in [0.717, 1.165) is 49.7 Å². The molecule has 44 heavy (non-hydrogen) atoms. The summed E-state index contributed by atoms with van der Waals surface area (Å²) in [5, 5.41) is 0. The second kappa shape index (κ2) is 19.6. The molecule has 0 N–H and O–H groups in total. The third kappa shape index (κ3) is 12.7. The first-order valence-corrected chi connectivity index (χ1v) is 18.0. The van der Waals surface area contributed by atoms with E-state index in [-0.39, 0.29) is 17.5 Å². The number of esters is 1. The number of fused-ring (bicyclic) bond motifs is 1. The third-order valence-corrected chi connectivity index (χ3v) is 9.25. The molecule has 0 aliphatic heterocycles. The van der Waals surface area contributed by atoms with E-state index >= 15 is 0 Å².